The Morgan fingerprint density at radius 1 is 1.11 bits per heavy atom. The predicted octanol–water partition coefficient (Wildman–Crippen LogP) is 4.87. The SMILES string of the molecule is CC(CCc1ccccc1)CC(=O)Nc1cccc(Oc2cnccn2)c1. The van der Waals surface area contributed by atoms with Crippen molar-refractivity contribution in [3.8, 4) is 11.6 Å². The number of hydrogen-bond donors (Lipinski definition) is 1. The number of aryl methyl sites for hydroxylation is 1. The molecule has 0 spiro atoms. The monoisotopic (exact) mass is 361 g/mol. The average Bonchev–Trinajstić information content (AvgIpc) is 2.68. The second kappa shape index (κ2) is 9.48. The molecule has 0 bridgehead atoms. The topological polar surface area (TPSA) is 64.1 Å². The van der Waals surface area contributed by atoms with Crippen LogP contribution >= 0.6 is 0 Å². The normalized spacial score (nSPS) is 11.6. The lowest BCUT2D eigenvalue weighted by Crippen LogP contribution is -2.15. The highest BCUT2D eigenvalue weighted by molar-refractivity contribution is 5.91. The highest BCUT2D eigenvalue weighted by Gasteiger charge is 2.10. The Kier molecular flexibility index (Phi) is 6.52. The summed E-state index contributed by atoms with van der Waals surface area (Å²) in [5.74, 6) is 1.33. The molecule has 2 aromatic carbocycles. The van der Waals surface area contributed by atoms with Crippen LogP contribution in [0.25, 0.3) is 0 Å². The van der Waals surface area contributed by atoms with Gasteiger partial charge in [0.1, 0.15) is 5.75 Å². The van der Waals surface area contributed by atoms with E-state index >= 15 is 0 Å². The van der Waals surface area contributed by atoms with Crippen molar-refractivity contribution >= 4 is 11.6 Å². The van der Waals surface area contributed by atoms with Crippen LogP contribution in [0.4, 0.5) is 5.69 Å². The summed E-state index contributed by atoms with van der Waals surface area (Å²) in [6, 6.07) is 17.6. The van der Waals surface area contributed by atoms with Gasteiger partial charge in [-0.3, -0.25) is 9.78 Å². The van der Waals surface area contributed by atoms with Crippen LogP contribution in [0, 0.1) is 5.92 Å². The van der Waals surface area contributed by atoms with Crippen LogP contribution < -0.4 is 10.1 Å². The van der Waals surface area contributed by atoms with Crippen molar-refractivity contribution in [3.63, 3.8) is 0 Å². The van der Waals surface area contributed by atoms with E-state index in [2.05, 4.69) is 34.3 Å². The molecule has 3 rings (SSSR count). The van der Waals surface area contributed by atoms with Crippen molar-refractivity contribution in [1.82, 2.24) is 9.97 Å². The van der Waals surface area contributed by atoms with Crippen molar-refractivity contribution in [3.05, 3.63) is 78.8 Å². The number of nitrogens with zero attached hydrogens (tertiary/aromatic N) is 2. The van der Waals surface area contributed by atoms with E-state index in [4.69, 9.17) is 4.74 Å². The van der Waals surface area contributed by atoms with E-state index < -0.39 is 0 Å². The third kappa shape index (κ3) is 6.22. The molecule has 1 N–H and O–H groups in total. The molecule has 27 heavy (non-hydrogen) atoms. The lowest BCUT2D eigenvalue weighted by atomic mass is 9.98. The van der Waals surface area contributed by atoms with Gasteiger partial charge in [0, 0.05) is 30.6 Å². The molecule has 1 unspecified atom stereocenters. The van der Waals surface area contributed by atoms with Gasteiger partial charge >= 0.3 is 0 Å². The summed E-state index contributed by atoms with van der Waals surface area (Å²) in [5.41, 5.74) is 2.01. The van der Waals surface area contributed by atoms with Crippen molar-refractivity contribution < 1.29 is 9.53 Å². The molecule has 0 saturated carbocycles. The summed E-state index contributed by atoms with van der Waals surface area (Å²) in [4.78, 5) is 20.4. The van der Waals surface area contributed by atoms with Crippen LogP contribution in [0.2, 0.25) is 0 Å². The summed E-state index contributed by atoms with van der Waals surface area (Å²) in [6.45, 7) is 2.11. The molecule has 0 aliphatic rings. The summed E-state index contributed by atoms with van der Waals surface area (Å²) >= 11 is 0. The first-order valence-electron chi connectivity index (χ1n) is 9.07. The van der Waals surface area contributed by atoms with Gasteiger partial charge in [0.25, 0.3) is 0 Å². The van der Waals surface area contributed by atoms with Gasteiger partial charge in [0.2, 0.25) is 11.8 Å². The van der Waals surface area contributed by atoms with Crippen molar-refractivity contribution in [2.75, 3.05) is 5.32 Å². The Labute approximate surface area is 159 Å². The van der Waals surface area contributed by atoms with Gasteiger partial charge in [-0.1, -0.05) is 43.3 Å². The number of amides is 1. The quantitative estimate of drug-likeness (QED) is 0.622. The predicted molar refractivity (Wildman–Crippen MR) is 106 cm³/mol. The van der Waals surface area contributed by atoms with Gasteiger partial charge in [-0.15, -0.1) is 0 Å². The van der Waals surface area contributed by atoms with Crippen LogP contribution in [0.3, 0.4) is 0 Å². The second-order valence-electron chi connectivity index (χ2n) is 6.56. The van der Waals surface area contributed by atoms with E-state index in [0.29, 0.717) is 29.7 Å². The van der Waals surface area contributed by atoms with Gasteiger partial charge in [-0.25, -0.2) is 4.98 Å². The van der Waals surface area contributed by atoms with Crippen molar-refractivity contribution in [2.24, 2.45) is 5.92 Å². The molecule has 0 radical (unpaired) electrons. The fraction of sp³-hybridized carbons (Fsp3) is 0.227. The number of anilines is 1. The lowest BCUT2D eigenvalue weighted by molar-refractivity contribution is -0.117. The van der Waals surface area contributed by atoms with Gasteiger partial charge in [-0.05, 0) is 36.5 Å². The zero-order valence-electron chi connectivity index (χ0n) is 15.3. The molecule has 5 nitrogen and oxygen atoms in total. The van der Waals surface area contributed by atoms with Gasteiger partial charge in [0.05, 0.1) is 6.20 Å². The second-order valence-corrected chi connectivity index (χ2v) is 6.56. The van der Waals surface area contributed by atoms with Crippen LogP contribution in [0.1, 0.15) is 25.3 Å². The summed E-state index contributed by atoms with van der Waals surface area (Å²) in [7, 11) is 0. The van der Waals surface area contributed by atoms with Gasteiger partial charge in [-0.2, -0.15) is 0 Å². The van der Waals surface area contributed by atoms with Gasteiger partial charge < -0.3 is 10.1 Å². The highest BCUT2D eigenvalue weighted by Crippen LogP contribution is 2.22. The zero-order chi connectivity index (χ0) is 18.9. The molecule has 1 amide bonds. The van der Waals surface area contributed by atoms with Gasteiger partial charge in [0.15, 0.2) is 0 Å². The first-order valence-corrected chi connectivity index (χ1v) is 9.07. The maximum atomic E-state index is 12.3. The fourth-order valence-electron chi connectivity index (χ4n) is 2.78. The van der Waals surface area contributed by atoms with E-state index in [1.54, 1.807) is 24.7 Å². The summed E-state index contributed by atoms with van der Waals surface area (Å²) in [6.07, 6.45) is 7.14. The molecular weight excluding hydrogens is 338 g/mol. The standard InChI is InChI=1S/C22H23N3O2/c1-17(10-11-18-6-3-2-4-7-18)14-21(26)25-19-8-5-9-20(15-19)27-22-16-23-12-13-24-22/h2-9,12-13,15-17H,10-11,14H2,1H3,(H,25,26). The van der Waals surface area contributed by atoms with Crippen molar-refractivity contribution in [1.29, 1.82) is 0 Å². The third-order valence-corrected chi connectivity index (χ3v) is 4.18. The largest absolute Gasteiger partial charge is 0.437 e. The molecule has 5 heteroatoms. The Morgan fingerprint density at radius 3 is 2.74 bits per heavy atom. The number of aromatic nitrogens is 2. The fourth-order valence-corrected chi connectivity index (χ4v) is 2.78. The van der Waals surface area contributed by atoms with Crippen LogP contribution in [-0.4, -0.2) is 15.9 Å². The third-order valence-electron chi connectivity index (χ3n) is 4.18. The number of carbonyl (C=O) groups excluding carboxylic acids is 1. The summed E-state index contributed by atoms with van der Waals surface area (Å²) in [5, 5.41) is 2.94. The molecule has 0 fully saturated rings. The zero-order valence-corrected chi connectivity index (χ0v) is 15.3. The first kappa shape index (κ1) is 18.6. The first-order chi connectivity index (χ1) is 13.2. The molecule has 1 aromatic heterocycles. The van der Waals surface area contributed by atoms with E-state index in [1.807, 2.05) is 36.4 Å². The molecule has 0 aliphatic heterocycles. The van der Waals surface area contributed by atoms with E-state index in [-0.39, 0.29) is 5.91 Å². The Hall–Kier alpha value is -3.21. The number of hydrogen-bond acceptors (Lipinski definition) is 4. The summed E-state index contributed by atoms with van der Waals surface area (Å²) < 4.78 is 5.64. The molecule has 0 aliphatic carbocycles. The van der Waals surface area contributed by atoms with Crippen LogP contribution in [0.15, 0.2) is 73.2 Å². The van der Waals surface area contributed by atoms with Crippen LogP contribution in [-0.2, 0) is 11.2 Å². The maximum Gasteiger partial charge on any atom is 0.237 e. The Balaban J connectivity index is 1.49. The number of benzene rings is 2. The van der Waals surface area contributed by atoms with Crippen LogP contribution in [0.5, 0.6) is 11.6 Å². The highest BCUT2D eigenvalue weighted by atomic mass is 16.5. The lowest BCUT2D eigenvalue weighted by Gasteiger charge is -2.12. The molecule has 1 heterocycles. The van der Waals surface area contributed by atoms with E-state index in [0.717, 1.165) is 12.8 Å². The smallest absolute Gasteiger partial charge is 0.237 e. The van der Waals surface area contributed by atoms with Crippen molar-refractivity contribution in [2.45, 2.75) is 26.2 Å². The molecule has 1 atom stereocenters. The number of nitrogens with one attached hydrogen (secondary N) is 1. The minimum absolute atomic E-state index is 0.00668. The minimum atomic E-state index is 0.00668. The Morgan fingerprint density at radius 2 is 1.96 bits per heavy atom. The Bertz CT molecular complexity index is 854. The molecule has 3 aromatic rings. The number of ether oxygens (including phenoxy) is 1. The number of rotatable bonds is 8. The minimum Gasteiger partial charge on any atom is -0.437 e. The van der Waals surface area contributed by atoms with E-state index in [9.17, 15) is 4.79 Å². The molecule has 0 saturated heterocycles. The molecular formula is C22H23N3O2. The number of carbonyl (C=O) groups is 1. The van der Waals surface area contributed by atoms with E-state index in [1.165, 1.54) is 5.56 Å². The maximum absolute atomic E-state index is 12.3. The molecule has 138 valence electrons. The average molecular weight is 361 g/mol.